The van der Waals surface area contributed by atoms with Crippen molar-refractivity contribution in [3.8, 4) is 6.07 Å². The first kappa shape index (κ1) is 13.7. The van der Waals surface area contributed by atoms with Crippen LogP contribution in [0.2, 0.25) is 0 Å². The number of nitriles is 1. The maximum Gasteiger partial charge on any atom is 1.00 e. The summed E-state index contributed by atoms with van der Waals surface area (Å²) < 4.78 is 25.4. The Labute approximate surface area is 121 Å². The van der Waals surface area contributed by atoms with Crippen molar-refractivity contribution in [1.82, 2.24) is 0 Å². The minimum Gasteiger partial charge on any atom is -0.545 e. The molecule has 0 atom stereocenters. The van der Waals surface area contributed by atoms with Gasteiger partial charge >= 0.3 is 51.4 Å². The van der Waals surface area contributed by atoms with E-state index in [2.05, 4.69) is 0 Å². The first-order chi connectivity index (χ1) is 6.06. The van der Waals surface area contributed by atoms with E-state index in [0.717, 1.165) is 0 Å². The molecule has 6 heteroatoms. The zero-order chi connectivity index (χ0) is 10.0. The molecule has 3 nitrogen and oxygen atoms in total. The smallest absolute Gasteiger partial charge is 0.545 e. The molecule has 0 spiro atoms. The third kappa shape index (κ3) is 2.83. The SMILES string of the molecule is N#Cc1c(F)cc(C(=O)[O-])cc1F.[K+]. The van der Waals surface area contributed by atoms with Crippen LogP contribution < -0.4 is 56.5 Å². The number of carbonyl (C=O) groups excluding carboxylic acids is 1. The van der Waals surface area contributed by atoms with Crippen molar-refractivity contribution in [2.75, 3.05) is 0 Å². The quantitative estimate of drug-likeness (QED) is 0.481. The molecule has 0 amide bonds. The zero-order valence-electron chi connectivity index (χ0n) is 7.17. The van der Waals surface area contributed by atoms with Gasteiger partial charge in [0, 0.05) is 5.56 Å². The van der Waals surface area contributed by atoms with Crippen LogP contribution in [0.5, 0.6) is 0 Å². The molecule has 66 valence electrons. The molecule has 1 aromatic carbocycles. The standard InChI is InChI=1S/C8H3F2NO2.K/c9-6-1-4(8(12)13)2-7(10)5(6)3-11;/h1-2H,(H,12,13);/q;+1/p-1. The number of carbonyl (C=O) groups is 1. The average molecular weight is 221 g/mol. The van der Waals surface area contributed by atoms with E-state index in [0.29, 0.717) is 12.1 Å². The Kier molecular flexibility index (Phi) is 5.40. The van der Waals surface area contributed by atoms with Gasteiger partial charge in [0.25, 0.3) is 0 Å². The first-order valence-corrected chi connectivity index (χ1v) is 3.16. The summed E-state index contributed by atoms with van der Waals surface area (Å²) in [5.74, 6) is -4.11. The van der Waals surface area contributed by atoms with Gasteiger partial charge in [-0.1, -0.05) is 0 Å². The number of carboxylic acid groups (broad SMARTS) is 1. The van der Waals surface area contributed by atoms with Gasteiger partial charge in [-0.15, -0.1) is 0 Å². The van der Waals surface area contributed by atoms with Gasteiger partial charge in [0.15, 0.2) is 0 Å². The summed E-state index contributed by atoms with van der Waals surface area (Å²) in [6, 6.07) is 2.34. The van der Waals surface area contributed by atoms with Crippen LogP contribution in [0.25, 0.3) is 0 Å². The normalized spacial score (nSPS) is 8.64. The fraction of sp³-hybridized carbons (Fsp3) is 0. The molecule has 0 aliphatic heterocycles. The molecule has 0 unspecified atom stereocenters. The molecule has 1 rings (SSSR count). The van der Waals surface area contributed by atoms with Gasteiger partial charge in [0.05, 0.1) is 5.97 Å². The second kappa shape index (κ2) is 5.53. The first-order valence-electron chi connectivity index (χ1n) is 3.16. The van der Waals surface area contributed by atoms with Crippen molar-refractivity contribution in [1.29, 1.82) is 5.26 Å². The molecule has 0 heterocycles. The van der Waals surface area contributed by atoms with Crippen molar-refractivity contribution in [3.05, 3.63) is 34.9 Å². The van der Waals surface area contributed by atoms with E-state index < -0.39 is 28.7 Å². The Hall–Kier alpha value is -0.324. The molecule has 0 aromatic heterocycles. The number of aromatic carboxylic acids is 1. The maximum atomic E-state index is 12.7. The molecule has 1 aromatic rings. The van der Waals surface area contributed by atoms with Crippen molar-refractivity contribution in [3.63, 3.8) is 0 Å². The van der Waals surface area contributed by atoms with E-state index in [1.807, 2.05) is 0 Å². The average Bonchev–Trinajstić information content (AvgIpc) is 2.03. The number of rotatable bonds is 1. The third-order valence-electron chi connectivity index (χ3n) is 1.39. The predicted octanol–water partition coefficient (Wildman–Crippen LogP) is -2.80. The number of hydrogen-bond donors (Lipinski definition) is 0. The Balaban J connectivity index is 0.00000169. The Morgan fingerprint density at radius 3 is 2.07 bits per heavy atom. The minimum atomic E-state index is -1.69. The molecule has 0 aliphatic carbocycles. The fourth-order valence-electron chi connectivity index (χ4n) is 0.798. The Morgan fingerprint density at radius 2 is 1.79 bits per heavy atom. The predicted molar refractivity (Wildman–Crippen MR) is 35.4 cm³/mol. The van der Waals surface area contributed by atoms with Crippen LogP contribution in [0.15, 0.2) is 12.1 Å². The van der Waals surface area contributed by atoms with E-state index in [-0.39, 0.29) is 51.4 Å². The topological polar surface area (TPSA) is 63.9 Å². The molecule has 0 saturated heterocycles. The largest absolute Gasteiger partial charge is 1.00 e. The number of nitrogens with zero attached hydrogens (tertiary/aromatic N) is 1. The summed E-state index contributed by atoms with van der Waals surface area (Å²) >= 11 is 0. The molecular formula is C8H2F2KNO2. The fourth-order valence-corrected chi connectivity index (χ4v) is 0.798. The van der Waals surface area contributed by atoms with Crippen molar-refractivity contribution in [2.24, 2.45) is 0 Å². The van der Waals surface area contributed by atoms with Crippen LogP contribution in [0.4, 0.5) is 8.78 Å². The van der Waals surface area contributed by atoms with Gasteiger partial charge in [-0.3, -0.25) is 0 Å². The van der Waals surface area contributed by atoms with Crippen molar-refractivity contribution >= 4 is 5.97 Å². The maximum absolute atomic E-state index is 12.7. The van der Waals surface area contributed by atoms with Crippen LogP contribution in [-0.2, 0) is 0 Å². The van der Waals surface area contributed by atoms with Crippen LogP contribution in [0, 0.1) is 23.0 Å². The number of hydrogen-bond acceptors (Lipinski definition) is 3. The Morgan fingerprint density at radius 1 is 1.36 bits per heavy atom. The van der Waals surface area contributed by atoms with Gasteiger partial charge in [0.2, 0.25) is 0 Å². The molecular weight excluding hydrogens is 219 g/mol. The van der Waals surface area contributed by atoms with E-state index >= 15 is 0 Å². The summed E-state index contributed by atoms with van der Waals surface area (Å²) in [6.07, 6.45) is 0. The van der Waals surface area contributed by atoms with E-state index in [1.54, 1.807) is 0 Å². The molecule has 0 saturated carbocycles. The van der Waals surface area contributed by atoms with E-state index in [4.69, 9.17) is 5.26 Å². The van der Waals surface area contributed by atoms with Crippen molar-refractivity contribution < 1.29 is 70.1 Å². The number of halogens is 2. The summed E-state index contributed by atoms with van der Waals surface area (Å²) in [5.41, 5.74) is -1.43. The molecule has 0 N–H and O–H groups in total. The van der Waals surface area contributed by atoms with Gasteiger partial charge in [-0.25, -0.2) is 8.78 Å². The number of benzene rings is 1. The summed E-state index contributed by atoms with van der Waals surface area (Å²) in [4.78, 5) is 10.2. The number of carboxylic acids is 1. The second-order valence-corrected chi connectivity index (χ2v) is 2.21. The van der Waals surface area contributed by atoms with Crippen LogP contribution in [-0.4, -0.2) is 5.97 Å². The molecule has 14 heavy (non-hydrogen) atoms. The molecule has 0 aliphatic rings. The molecule has 0 bridgehead atoms. The molecule has 0 radical (unpaired) electrons. The van der Waals surface area contributed by atoms with Crippen molar-refractivity contribution in [2.45, 2.75) is 0 Å². The van der Waals surface area contributed by atoms with E-state index in [9.17, 15) is 18.7 Å². The summed E-state index contributed by atoms with van der Waals surface area (Å²) in [6.45, 7) is 0. The zero-order valence-corrected chi connectivity index (χ0v) is 10.3. The third-order valence-corrected chi connectivity index (χ3v) is 1.39. The van der Waals surface area contributed by atoms with Gasteiger partial charge in [-0.2, -0.15) is 5.26 Å². The van der Waals surface area contributed by atoms with Crippen LogP contribution >= 0.6 is 0 Å². The second-order valence-electron chi connectivity index (χ2n) is 2.21. The van der Waals surface area contributed by atoms with Gasteiger partial charge < -0.3 is 9.90 Å². The van der Waals surface area contributed by atoms with Crippen LogP contribution in [0.3, 0.4) is 0 Å². The van der Waals surface area contributed by atoms with Gasteiger partial charge in [-0.05, 0) is 12.1 Å². The summed E-state index contributed by atoms with van der Waals surface area (Å²) in [5, 5.41) is 18.4. The summed E-state index contributed by atoms with van der Waals surface area (Å²) in [7, 11) is 0. The van der Waals surface area contributed by atoms with Crippen LogP contribution in [0.1, 0.15) is 15.9 Å². The minimum absolute atomic E-state index is 0. The Bertz CT molecular complexity index is 391. The molecule has 0 fully saturated rings. The van der Waals surface area contributed by atoms with Gasteiger partial charge in [0.1, 0.15) is 23.3 Å². The monoisotopic (exact) mass is 221 g/mol. The van der Waals surface area contributed by atoms with E-state index in [1.165, 1.54) is 6.07 Å².